The first-order valence-corrected chi connectivity index (χ1v) is 8.83. The lowest BCUT2D eigenvalue weighted by Crippen LogP contribution is -2.29. The van der Waals surface area contributed by atoms with Crippen molar-refractivity contribution in [3.8, 4) is 0 Å². The Labute approximate surface area is 159 Å². The van der Waals surface area contributed by atoms with Gasteiger partial charge in [0, 0.05) is 31.7 Å². The average molecular weight is 361 g/mol. The number of nitrogens with one attached hydrogen (secondary N) is 1. The molecule has 1 N–H and O–H groups in total. The lowest BCUT2D eigenvalue weighted by atomic mass is 10.1. The summed E-state index contributed by atoms with van der Waals surface area (Å²) in [6.07, 6.45) is 7.37. The van der Waals surface area contributed by atoms with Crippen molar-refractivity contribution in [3.63, 3.8) is 0 Å². The predicted octanol–water partition coefficient (Wildman–Crippen LogP) is 3.55. The Kier molecular flexibility index (Phi) is 5.76. The molecule has 27 heavy (non-hydrogen) atoms. The zero-order chi connectivity index (χ0) is 19.2. The van der Waals surface area contributed by atoms with Crippen LogP contribution in [0.4, 0.5) is 11.5 Å². The number of aryl methyl sites for hydroxylation is 2. The van der Waals surface area contributed by atoms with Crippen molar-refractivity contribution in [1.29, 1.82) is 0 Å². The number of pyridine rings is 1. The number of anilines is 2. The van der Waals surface area contributed by atoms with E-state index in [1.54, 1.807) is 30.5 Å². The van der Waals surface area contributed by atoms with Crippen LogP contribution in [-0.4, -0.2) is 39.4 Å². The fourth-order valence-corrected chi connectivity index (χ4v) is 2.74. The summed E-state index contributed by atoms with van der Waals surface area (Å²) >= 11 is 0. The second-order valence-electron chi connectivity index (χ2n) is 6.56. The third-order valence-electron chi connectivity index (χ3n) is 4.35. The molecule has 0 aliphatic rings. The maximum absolute atomic E-state index is 12.5. The summed E-state index contributed by atoms with van der Waals surface area (Å²) < 4.78 is 0. The topological polar surface area (TPSA) is 71.0 Å². The number of likely N-dealkylation sites (N-methyl/N-ethyl adjacent to an activating group) is 1. The molecule has 0 spiro atoms. The van der Waals surface area contributed by atoms with Gasteiger partial charge in [0.25, 0.3) is 5.91 Å². The van der Waals surface area contributed by atoms with Gasteiger partial charge in [0.1, 0.15) is 11.5 Å². The van der Waals surface area contributed by atoms with E-state index in [1.807, 2.05) is 31.2 Å². The molecule has 3 aromatic rings. The van der Waals surface area contributed by atoms with Gasteiger partial charge in [-0.1, -0.05) is 17.7 Å². The van der Waals surface area contributed by atoms with E-state index in [9.17, 15) is 4.79 Å². The summed E-state index contributed by atoms with van der Waals surface area (Å²) in [7, 11) is 1.77. The average Bonchev–Trinajstić information content (AvgIpc) is 2.69. The van der Waals surface area contributed by atoms with Crippen LogP contribution in [0.5, 0.6) is 0 Å². The molecule has 3 rings (SSSR count). The molecule has 0 atom stereocenters. The molecule has 2 aromatic heterocycles. The summed E-state index contributed by atoms with van der Waals surface area (Å²) in [4.78, 5) is 26.8. The number of nitrogens with zero attached hydrogens (tertiary/aromatic N) is 4. The Morgan fingerprint density at radius 1 is 1.07 bits per heavy atom. The largest absolute Gasteiger partial charge is 0.340 e. The Morgan fingerprint density at radius 3 is 2.52 bits per heavy atom. The highest BCUT2D eigenvalue weighted by atomic mass is 16.2. The van der Waals surface area contributed by atoms with Gasteiger partial charge in [-0.2, -0.15) is 0 Å². The van der Waals surface area contributed by atoms with E-state index in [-0.39, 0.29) is 5.91 Å². The molecule has 0 bridgehead atoms. The third kappa shape index (κ3) is 4.88. The summed E-state index contributed by atoms with van der Waals surface area (Å²) in [5.74, 6) is 0.465. The monoisotopic (exact) mass is 361 g/mol. The summed E-state index contributed by atoms with van der Waals surface area (Å²) in [6.45, 7) is 4.70. The summed E-state index contributed by atoms with van der Waals surface area (Å²) in [6, 6.07) is 10.1. The van der Waals surface area contributed by atoms with Gasteiger partial charge in [-0.15, -0.1) is 0 Å². The number of hydrogen-bond donors (Lipinski definition) is 1. The number of aromatic nitrogens is 3. The number of rotatable bonds is 6. The van der Waals surface area contributed by atoms with Gasteiger partial charge >= 0.3 is 0 Å². The van der Waals surface area contributed by atoms with Crippen LogP contribution >= 0.6 is 0 Å². The van der Waals surface area contributed by atoms with Crippen LogP contribution < -0.4 is 5.32 Å². The summed E-state index contributed by atoms with van der Waals surface area (Å²) in [5, 5.41) is 3.24. The van der Waals surface area contributed by atoms with Gasteiger partial charge in [0.05, 0.1) is 12.4 Å². The van der Waals surface area contributed by atoms with Crippen LogP contribution in [0.15, 0.2) is 55.1 Å². The maximum Gasteiger partial charge on any atom is 0.273 e. The highest BCUT2D eigenvalue weighted by Gasteiger charge is 2.14. The quantitative estimate of drug-likeness (QED) is 0.727. The molecule has 1 amide bonds. The minimum absolute atomic E-state index is 0.144. The van der Waals surface area contributed by atoms with Crippen LogP contribution in [0.1, 0.15) is 27.2 Å². The zero-order valence-electron chi connectivity index (χ0n) is 15.8. The molecule has 0 unspecified atom stereocenters. The van der Waals surface area contributed by atoms with Gasteiger partial charge < -0.3 is 10.2 Å². The first-order valence-electron chi connectivity index (χ1n) is 8.83. The Morgan fingerprint density at radius 2 is 1.85 bits per heavy atom. The van der Waals surface area contributed by atoms with Crippen LogP contribution in [0.2, 0.25) is 0 Å². The van der Waals surface area contributed by atoms with E-state index in [1.165, 1.54) is 11.8 Å². The van der Waals surface area contributed by atoms with Crippen molar-refractivity contribution in [2.45, 2.75) is 20.3 Å². The molecular formula is C21H23N5O. The molecule has 1 aromatic carbocycles. The zero-order valence-corrected chi connectivity index (χ0v) is 15.8. The van der Waals surface area contributed by atoms with Gasteiger partial charge in [-0.3, -0.25) is 9.78 Å². The van der Waals surface area contributed by atoms with Crippen LogP contribution in [-0.2, 0) is 6.42 Å². The van der Waals surface area contributed by atoms with Crippen LogP contribution in [0.3, 0.4) is 0 Å². The second-order valence-corrected chi connectivity index (χ2v) is 6.56. The lowest BCUT2D eigenvalue weighted by Gasteiger charge is -2.16. The SMILES string of the molecule is Cc1ccc(Nc2cnc(C(=O)N(C)CCc3ccncc3)cn2)c(C)c1. The predicted molar refractivity (Wildman–Crippen MR) is 106 cm³/mol. The molecule has 0 saturated heterocycles. The van der Waals surface area contributed by atoms with Crippen molar-refractivity contribution in [2.24, 2.45) is 0 Å². The van der Waals surface area contributed by atoms with E-state index < -0.39 is 0 Å². The normalized spacial score (nSPS) is 10.5. The van der Waals surface area contributed by atoms with Crippen LogP contribution in [0.25, 0.3) is 0 Å². The number of hydrogen-bond acceptors (Lipinski definition) is 5. The smallest absolute Gasteiger partial charge is 0.273 e. The fraction of sp³-hybridized carbons (Fsp3) is 0.238. The molecule has 6 heteroatoms. The molecule has 0 aliphatic carbocycles. The van der Waals surface area contributed by atoms with E-state index in [0.717, 1.165) is 23.2 Å². The van der Waals surface area contributed by atoms with Crippen molar-refractivity contribution in [2.75, 3.05) is 18.9 Å². The molecule has 0 radical (unpaired) electrons. The minimum atomic E-state index is -0.144. The maximum atomic E-state index is 12.5. The Balaban J connectivity index is 1.61. The van der Waals surface area contributed by atoms with Crippen molar-refractivity contribution < 1.29 is 4.79 Å². The minimum Gasteiger partial charge on any atom is -0.340 e. The molecular weight excluding hydrogens is 338 g/mol. The number of amides is 1. The standard InChI is InChI=1S/C21H23N5O/c1-15-4-5-18(16(2)12-15)25-20-14-23-19(13-24-20)21(27)26(3)11-8-17-6-9-22-10-7-17/h4-7,9-10,12-14H,8,11H2,1-3H3,(H,24,25). The fourth-order valence-electron chi connectivity index (χ4n) is 2.74. The van der Waals surface area contributed by atoms with Crippen molar-refractivity contribution in [3.05, 3.63) is 77.5 Å². The molecule has 138 valence electrons. The number of carbonyl (C=O) groups excluding carboxylic acids is 1. The van der Waals surface area contributed by atoms with Crippen LogP contribution in [0, 0.1) is 13.8 Å². The van der Waals surface area contributed by atoms with E-state index in [2.05, 4.69) is 33.3 Å². The van der Waals surface area contributed by atoms with E-state index in [0.29, 0.717) is 18.1 Å². The van der Waals surface area contributed by atoms with E-state index >= 15 is 0 Å². The van der Waals surface area contributed by atoms with Crippen molar-refractivity contribution >= 4 is 17.4 Å². The molecule has 2 heterocycles. The molecule has 6 nitrogen and oxygen atoms in total. The Hall–Kier alpha value is -3.28. The first-order chi connectivity index (χ1) is 13.0. The second kappa shape index (κ2) is 8.40. The van der Waals surface area contributed by atoms with E-state index in [4.69, 9.17) is 0 Å². The molecule has 0 aliphatic heterocycles. The number of carbonyl (C=O) groups is 1. The van der Waals surface area contributed by atoms with Crippen molar-refractivity contribution in [1.82, 2.24) is 19.9 Å². The third-order valence-corrected chi connectivity index (χ3v) is 4.35. The van der Waals surface area contributed by atoms with Gasteiger partial charge in [-0.05, 0) is 49.6 Å². The van der Waals surface area contributed by atoms with Gasteiger partial charge in [-0.25, -0.2) is 9.97 Å². The molecule has 0 saturated carbocycles. The highest BCUT2D eigenvalue weighted by molar-refractivity contribution is 5.91. The van der Waals surface area contributed by atoms with Gasteiger partial charge in [0.15, 0.2) is 0 Å². The lowest BCUT2D eigenvalue weighted by molar-refractivity contribution is 0.0790. The molecule has 0 fully saturated rings. The summed E-state index contributed by atoms with van der Waals surface area (Å²) in [5.41, 5.74) is 4.79. The Bertz CT molecular complexity index is 910. The first kappa shape index (κ1) is 18.5. The highest BCUT2D eigenvalue weighted by Crippen LogP contribution is 2.19. The van der Waals surface area contributed by atoms with Gasteiger partial charge in [0.2, 0.25) is 0 Å². The number of benzene rings is 1.